The quantitative estimate of drug-likeness (QED) is 0.145. The molecular weight excluding hydrogens is 876 g/mol. The highest BCUT2D eigenvalue weighted by molar-refractivity contribution is 7.48. The number of hydrogen-bond acceptors (Lipinski definition) is 12. The summed E-state index contributed by atoms with van der Waals surface area (Å²) < 4.78 is 79.7. The number of nitrogens with two attached hydrogens (primary N) is 1. The van der Waals surface area contributed by atoms with Crippen LogP contribution in [0.15, 0.2) is 72.3 Å². The molecule has 1 heterocycles. The van der Waals surface area contributed by atoms with E-state index in [4.69, 9.17) is 28.8 Å². The second-order valence-corrected chi connectivity index (χ2v) is 22.6. The lowest BCUT2D eigenvalue weighted by molar-refractivity contribution is -0.235. The second-order valence-electron chi connectivity index (χ2n) is 21.1. The SMILES string of the molecule is C[C@H](N)C(=O)N[C@@H](C)C(=O)Nc1cccc(Cc2ccc([C@@H]3O[C@@H]4C[C@H]5[C@@H]6C[C@H](F)C7=CC(=O)C=C[C@]7(C)[C@@]6(F)[C@@H](O)C[C@]5(C)[C@]4(C(=O)COP(=O)(OC(C)(C)C)OC(C)(C)C)O3)cc2)c1. The number of benzene rings is 2. The zero-order valence-corrected chi connectivity index (χ0v) is 40.2. The van der Waals surface area contributed by atoms with Crippen LogP contribution in [0.4, 0.5) is 14.5 Å². The van der Waals surface area contributed by atoms with Gasteiger partial charge in [0, 0.05) is 28.0 Å². The number of rotatable bonds is 13. The van der Waals surface area contributed by atoms with Gasteiger partial charge in [0.15, 0.2) is 29.1 Å². The van der Waals surface area contributed by atoms with Crippen LogP contribution in [0.5, 0.6) is 0 Å². The number of ether oxygens (including phenoxy) is 2. The highest BCUT2D eigenvalue weighted by Gasteiger charge is 2.80. The van der Waals surface area contributed by atoms with Gasteiger partial charge < -0.3 is 30.9 Å². The van der Waals surface area contributed by atoms with Gasteiger partial charge in [-0.05, 0) is 135 Å². The Morgan fingerprint density at radius 2 is 1.62 bits per heavy atom. The van der Waals surface area contributed by atoms with Crippen molar-refractivity contribution in [2.75, 3.05) is 11.9 Å². The number of ketones is 2. The predicted molar refractivity (Wildman–Crippen MR) is 241 cm³/mol. The van der Waals surface area contributed by atoms with Crippen molar-refractivity contribution in [3.63, 3.8) is 0 Å². The lowest BCUT2D eigenvalue weighted by Gasteiger charge is -2.63. The number of phosphoric ester groups is 1. The summed E-state index contributed by atoms with van der Waals surface area (Å²) in [5, 5.41) is 17.5. The molecule has 17 heteroatoms. The lowest BCUT2D eigenvalue weighted by atomic mass is 9.44. The Morgan fingerprint density at radius 3 is 2.24 bits per heavy atom. The first-order valence-electron chi connectivity index (χ1n) is 22.6. The Bertz CT molecular complexity index is 2340. The Hall–Kier alpha value is -3.99. The number of aliphatic hydroxyl groups is 1. The van der Waals surface area contributed by atoms with Crippen molar-refractivity contribution in [1.29, 1.82) is 0 Å². The topological polar surface area (TPSA) is 202 Å². The number of carbonyl (C=O) groups excluding carboxylic acids is 4. The largest absolute Gasteiger partial charge is 0.476 e. The number of carbonyl (C=O) groups is 4. The van der Waals surface area contributed by atoms with E-state index in [0.29, 0.717) is 17.7 Å². The van der Waals surface area contributed by atoms with E-state index >= 15 is 13.6 Å². The van der Waals surface area contributed by atoms with Crippen molar-refractivity contribution >= 4 is 36.9 Å². The van der Waals surface area contributed by atoms with Crippen LogP contribution in [0.25, 0.3) is 0 Å². The van der Waals surface area contributed by atoms with Crippen molar-refractivity contribution in [2.24, 2.45) is 28.4 Å². The average Bonchev–Trinajstić information content (AvgIpc) is 3.71. The van der Waals surface area contributed by atoms with Gasteiger partial charge in [0.05, 0.1) is 29.5 Å². The van der Waals surface area contributed by atoms with Crippen LogP contribution in [-0.2, 0) is 53.2 Å². The van der Waals surface area contributed by atoms with Crippen molar-refractivity contribution in [1.82, 2.24) is 5.32 Å². The van der Waals surface area contributed by atoms with Gasteiger partial charge in [0.2, 0.25) is 11.8 Å². The number of aliphatic hydroxyl groups excluding tert-OH is 1. The maximum atomic E-state index is 18.2. The molecular formula is C49H64F2N3O11P. The molecule has 2 aromatic carbocycles. The van der Waals surface area contributed by atoms with E-state index < -0.39 is 120 Å². The Labute approximate surface area is 385 Å². The lowest BCUT2D eigenvalue weighted by Crippen LogP contribution is -2.70. The number of alkyl halides is 2. The van der Waals surface area contributed by atoms with E-state index in [1.807, 2.05) is 24.3 Å². The first-order valence-corrected chi connectivity index (χ1v) is 24.0. The molecule has 7 rings (SSSR count). The number of nitrogens with one attached hydrogen (secondary N) is 2. The molecule has 1 saturated heterocycles. The zero-order valence-electron chi connectivity index (χ0n) is 39.3. The highest BCUT2D eigenvalue weighted by Crippen LogP contribution is 2.73. The summed E-state index contributed by atoms with van der Waals surface area (Å²) in [4.78, 5) is 52.4. The molecule has 66 heavy (non-hydrogen) atoms. The van der Waals surface area contributed by atoms with Crippen LogP contribution < -0.4 is 16.4 Å². The van der Waals surface area contributed by atoms with Crippen LogP contribution in [0.3, 0.4) is 0 Å². The molecule has 5 aliphatic rings. The van der Waals surface area contributed by atoms with Crippen LogP contribution in [0.1, 0.15) is 111 Å². The Balaban J connectivity index is 1.17. The van der Waals surface area contributed by atoms with Crippen molar-refractivity contribution in [3.05, 3.63) is 89.0 Å². The summed E-state index contributed by atoms with van der Waals surface area (Å²) in [5.41, 5.74) is -0.897. The monoisotopic (exact) mass is 939 g/mol. The van der Waals surface area contributed by atoms with Gasteiger partial charge in [-0.25, -0.2) is 13.3 Å². The number of hydrogen-bond donors (Lipinski definition) is 4. The van der Waals surface area contributed by atoms with Gasteiger partial charge in [-0.3, -0.25) is 32.7 Å². The molecule has 1 aliphatic heterocycles. The Morgan fingerprint density at radius 1 is 0.970 bits per heavy atom. The molecule has 14 nitrogen and oxygen atoms in total. The van der Waals surface area contributed by atoms with Crippen LogP contribution in [0.2, 0.25) is 0 Å². The fourth-order valence-corrected chi connectivity index (χ4v) is 12.8. The third-order valence-electron chi connectivity index (χ3n) is 13.9. The number of halogens is 2. The van der Waals surface area contributed by atoms with E-state index in [1.54, 1.807) is 79.7 Å². The summed E-state index contributed by atoms with van der Waals surface area (Å²) in [6.45, 7) is 15.5. The molecule has 360 valence electrons. The summed E-state index contributed by atoms with van der Waals surface area (Å²) in [6, 6.07) is 13.1. The van der Waals surface area contributed by atoms with E-state index in [-0.39, 0.29) is 24.8 Å². The predicted octanol–water partition coefficient (Wildman–Crippen LogP) is 7.47. The number of phosphoric acid groups is 1. The summed E-state index contributed by atoms with van der Waals surface area (Å²) in [5.74, 6) is -3.88. The van der Waals surface area contributed by atoms with Gasteiger partial charge in [-0.2, -0.15) is 0 Å². The highest BCUT2D eigenvalue weighted by atomic mass is 31.2. The minimum atomic E-state index is -4.43. The molecule has 0 aromatic heterocycles. The van der Waals surface area contributed by atoms with Crippen molar-refractivity contribution in [2.45, 2.75) is 154 Å². The van der Waals surface area contributed by atoms with Crippen LogP contribution in [0, 0.1) is 22.7 Å². The molecule has 12 atom stereocenters. The number of fused-ring (bicyclic) bond motifs is 7. The first-order chi connectivity index (χ1) is 30.5. The fraction of sp³-hybridized carbons (Fsp3) is 0.592. The molecule has 2 aromatic rings. The van der Waals surface area contributed by atoms with Crippen molar-refractivity contribution in [3.8, 4) is 0 Å². The minimum Gasteiger partial charge on any atom is -0.390 e. The number of anilines is 1. The maximum absolute atomic E-state index is 18.2. The van der Waals surface area contributed by atoms with Gasteiger partial charge >= 0.3 is 7.82 Å². The first kappa shape index (κ1) is 49.9. The van der Waals surface area contributed by atoms with Gasteiger partial charge in [-0.1, -0.05) is 49.4 Å². The van der Waals surface area contributed by atoms with Crippen LogP contribution >= 0.6 is 7.82 Å². The molecule has 0 unspecified atom stereocenters. The molecule has 3 saturated carbocycles. The average molecular weight is 940 g/mol. The van der Waals surface area contributed by atoms with E-state index in [9.17, 15) is 24.1 Å². The normalized spacial score (nSPS) is 33.7. The molecule has 0 spiro atoms. The standard InChI is InChI=1S/C49H64F2N3O11P/c1-27(52)41(58)53-28(2)42(59)54-32-13-11-12-30(21-32)20-29-14-16-31(17-15-29)43-62-40-24-34-35-23-37(50)36-22-33(55)18-19-46(36,9)48(35,51)38(56)25-47(34,10)49(40,63-43)39(57)26-61-66(60,64-44(3,4)5)65-45(6,7)8/h11-19,21-22,27-28,34-35,37-38,40,43,56H,20,23-26,52H2,1-10H3,(H,53,58)(H,54,59)/t27-,28-,34-,35-,37-,38-,40+,43+,46-,47-,48-,49+/m0/s1. The van der Waals surface area contributed by atoms with Gasteiger partial charge in [-0.15, -0.1) is 0 Å². The molecule has 4 fully saturated rings. The molecule has 0 bridgehead atoms. The second kappa shape index (κ2) is 17.5. The maximum Gasteiger partial charge on any atom is 0.476 e. The van der Waals surface area contributed by atoms with Crippen LogP contribution in [-0.4, -0.2) is 88.0 Å². The Kier molecular flexibility index (Phi) is 13.2. The summed E-state index contributed by atoms with van der Waals surface area (Å²) >= 11 is 0. The smallest absolute Gasteiger partial charge is 0.390 e. The third-order valence-corrected chi connectivity index (χ3v) is 15.9. The summed E-state index contributed by atoms with van der Waals surface area (Å²) in [7, 11) is -4.43. The van der Waals surface area contributed by atoms with E-state index in [0.717, 1.165) is 17.2 Å². The number of Topliss-reactive ketones (excluding diaryl/α,β-unsaturated/α-hetero) is 1. The number of allylic oxidation sites excluding steroid dienone is 4. The molecule has 5 N–H and O–H groups in total. The third kappa shape index (κ3) is 9.04. The fourth-order valence-electron chi connectivity index (χ4n) is 11.0. The van der Waals surface area contributed by atoms with Gasteiger partial charge in [0.1, 0.15) is 18.8 Å². The molecule has 2 amide bonds. The molecule has 0 radical (unpaired) electrons. The summed E-state index contributed by atoms with van der Waals surface area (Å²) in [6.07, 6.45) is -2.00. The van der Waals surface area contributed by atoms with Crippen molar-refractivity contribution < 1.29 is 60.7 Å². The zero-order chi connectivity index (χ0) is 48.6. The minimum absolute atomic E-state index is 0.0209. The van der Waals surface area contributed by atoms with Gasteiger partial charge in [0.25, 0.3) is 0 Å². The molecule has 4 aliphatic carbocycles. The van der Waals surface area contributed by atoms with E-state index in [2.05, 4.69) is 10.6 Å². The van der Waals surface area contributed by atoms with E-state index in [1.165, 1.54) is 26.0 Å². The number of amides is 2.